The summed E-state index contributed by atoms with van der Waals surface area (Å²) in [5, 5.41) is 18.0. The number of halogens is 3. The molecule has 40 heavy (non-hydrogen) atoms. The Bertz CT molecular complexity index is 1580. The van der Waals surface area contributed by atoms with Gasteiger partial charge in [-0.1, -0.05) is 12.1 Å². The van der Waals surface area contributed by atoms with E-state index in [4.69, 9.17) is 5.10 Å². The Morgan fingerprint density at radius 3 is 2.33 bits per heavy atom. The second-order valence-corrected chi connectivity index (χ2v) is 12.0. The number of nitrogens with one attached hydrogen (secondary N) is 2. The van der Waals surface area contributed by atoms with E-state index in [1.54, 1.807) is 24.4 Å². The standard InChI is InChI=1S/C28H30F3N5O3S/c1-27(2,3)36-18-24(26(35-36)20-6-4-7-22(37)16-20)19-12-15-33-25(17-19)32-13-5-14-34-40(38,39)23-10-8-21(9-11-23)28(29,30)31/h4,6-12,15-18,34,37H,5,13-14H2,1-3H3,(H,32,33). The molecule has 3 N–H and O–H groups in total. The molecule has 0 aliphatic carbocycles. The lowest BCUT2D eigenvalue weighted by Crippen LogP contribution is -2.26. The van der Waals surface area contributed by atoms with Gasteiger partial charge in [0.15, 0.2) is 0 Å². The average Bonchev–Trinajstić information content (AvgIpc) is 3.35. The maximum absolute atomic E-state index is 12.7. The number of alkyl halides is 3. The SMILES string of the molecule is CC(C)(C)n1cc(-c2ccnc(NCCCNS(=O)(=O)c3ccc(C(F)(F)F)cc3)c2)c(-c2cccc(O)c2)n1. The van der Waals surface area contributed by atoms with Crippen molar-refractivity contribution in [2.45, 2.75) is 43.8 Å². The van der Waals surface area contributed by atoms with Crippen LogP contribution >= 0.6 is 0 Å². The third-order valence-corrected chi connectivity index (χ3v) is 7.51. The summed E-state index contributed by atoms with van der Waals surface area (Å²) in [4.78, 5) is 4.12. The summed E-state index contributed by atoms with van der Waals surface area (Å²) in [5.74, 6) is 0.716. The van der Waals surface area contributed by atoms with Gasteiger partial charge in [-0.3, -0.25) is 4.68 Å². The Balaban J connectivity index is 1.42. The third-order valence-electron chi connectivity index (χ3n) is 6.04. The molecule has 4 aromatic rings. The quantitative estimate of drug-likeness (QED) is 0.216. The molecule has 12 heteroatoms. The van der Waals surface area contributed by atoms with Gasteiger partial charge >= 0.3 is 6.18 Å². The zero-order valence-corrected chi connectivity index (χ0v) is 23.0. The van der Waals surface area contributed by atoms with Crippen molar-refractivity contribution >= 4 is 15.8 Å². The molecular weight excluding hydrogens is 543 g/mol. The second kappa shape index (κ2) is 11.3. The number of aromatic nitrogens is 3. The van der Waals surface area contributed by atoms with Crippen molar-refractivity contribution < 1.29 is 26.7 Å². The first-order valence-electron chi connectivity index (χ1n) is 12.5. The Morgan fingerprint density at radius 2 is 1.68 bits per heavy atom. The molecule has 8 nitrogen and oxygen atoms in total. The van der Waals surface area contributed by atoms with Crippen LogP contribution in [0.25, 0.3) is 22.4 Å². The van der Waals surface area contributed by atoms with Crippen molar-refractivity contribution in [2.24, 2.45) is 0 Å². The Labute approximate surface area is 231 Å². The van der Waals surface area contributed by atoms with Gasteiger partial charge in [0.2, 0.25) is 10.0 Å². The molecule has 0 atom stereocenters. The molecule has 0 saturated heterocycles. The lowest BCUT2D eigenvalue weighted by atomic mass is 10.0. The van der Waals surface area contributed by atoms with Crippen LogP contribution in [0, 0.1) is 0 Å². The Morgan fingerprint density at radius 1 is 0.950 bits per heavy atom. The fraction of sp³-hybridized carbons (Fsp3) is 0.286. The van der Waals surface area contributed by atoms with Crippen molar-refractivity contribution in [1.82, 2.24) is 19.5 Å². The number of hydrogen-bond donors (Lipinski definition) is 3. The number of aromatic hydroxyl groups is 1. The largest absolute Gasteiger partial charge is 0.508 e. The number of phenols is 1. The van der Waals surface area contributed by atoms with Gasteiger partial charge in [0.05, 0.1) is 16.0 Å². The fourth-order valence-electron chi connectivity index (χ4n) is 3.91. The molecule has 2 aromatic carbocycles. The molecule has 0 bridgehead atoms. The Kier molecular flexibility index (Phi) is 8.22. The summed E-state index contributed by atoms with van der Waals surface area (Å²) in [6.45, 7) is 6.60. The molecule has 0 unspecified atom stereocenters. The van der Waals surface area contributed by atoms with Gasteiger partial charge < -0.3 is 10.4 Å². The fourth-order valence-corrected chi connectivity index (χ4v) is 4.98. The van der Waals surface area contributed by atoms with E-state index in [0.717, 1.165) is 41.0 Å². The summed E-state index contributed by atoms with van der Waals surface area (Å²) in [7, 11) is -3.94. The van der Waals surface area contributed by atoms with Gasteiger partial charge in [-0.15, -0.1) is 0 Å². The monoisotopic (exact) mass is 573 g/mol. The van der Waals surface area contributed by atoms with Gasteiger partial charge in [-0.25, -0.2) is 18.1 Å². The number of anilines is 1. The van der Waals surface area contributed by atoms with Crippen LogP contribution in [0.5, 0.6) is 5.75 Å². The van der Waals surface area contributed by atoms with Crippen molar-refractivity contribution in [3.05, 3.63) is 78.6 Å². The number of pyridine rings is 1. The van der Waals surface area contributed by atoms with Gasteiger partial charge in [0.25, 0.3) is 0 Å². The molecule has 0 amide bonds. The minimum atomic E-state index is -4.54. The summed E-state index contributed by atoms with van der Waals surface area (Å²) < 4.78 is 67.3. The Hall–Kier alpha value is -3.90. The van der Waals surface area contributed by atoms with Gasteiger partial charge in [0.1, 0.15) is 17.3 Å². The predicted molar refractivity (Wildman–Crippen MR) is 147 cm³/mol. The van der Waals surface area contributed by atoms with E-state index in [1.165, 1.54) is 0 Å². The highest BCUT2D eigenvalue weighted by Crippen LogP contribution is 2.35. The zero-order valence-electron chi connectivity index (χ0n) is 22.2. The van der Waals surface area contributed by atoms with Crippen molar-refractivity contribution in [3.63, 3.8) is 0 Å². The first-order chi connectivity index (χ1) is 18.7. The molecule has 0 aliphatic rings. The molecule has 0 radical (unpaired) electrons. The molecule has 4 rings (SSSR count). The first-order valence-corrected chi connectivity index (χ1v) is 14.0. The number of nitrogens with zero attached hydrogens (tertiary/aromatic N) is 3. The van der Waals surface area contributed by atoms with Crippen molar-refractivity contribution in [2.75, 3.05) is 18.4 Å². The predicted octanol–water partition coefficient (Wildman–Crippen LogP) is 5.87. The van der Waals surface area contributed by atoms with E-state index in [0.29, 0.717) is 24.5 Å². The van der Waals surface area contributed by atoms with E-state index in [-0.39, 0.29) is 22.7 Å². The third kappa shape index (κ3) is 6.99. The highest BCUT2D eigenvalue weighted by Gasteiger charge is 2.30. The van der Waals surface area contributed by atoms with Crippen LogP contribution in [-0.4, -0.2) is 41.4 Å². The molecular formula is C28H30F3N5O3S. The molecule has 0 spiro atoms. The van der Waals surface area contributed by atoms with E-state index >= 15 is 0 Å². The topological polar surface area (TPSA) is 109 Å². The molecule has 2 aromatic heterocycles. The average molecular weight is 574 g/mol. The lowest BCUT2D eigenvalue weighted by Gasteiger charge is -2.18. The van der Waals surface area contributed by atoms with Crippen LogP contribution in [-0.2, 0) is 21.7 Å². The normalized spacial score (nSPS) is 12.4. The number of rotatable bonds is 9. The number of phenolic OH excluding ortho intramolecular Hbond substituents is 1. The summed E-state index contributed by atoms with van der Waals surface area (Å²) in [5.41, 5.74) is 2.01. The molecule has 0 aliphatic heterocycles. The molecule has 2 heterocycles. The molecule has 0 fully saturated rings. The second-order valence-electron chi connectivity index (χ2n) is 10.2. The van der Waals surface area contributed by atoms with E-state index < -0.39 is 21.8 Å². The van der Waals surface area contributed by atoms with E-state index in [2.05, 4.69) is 15.0 Å². The van der Waals surface area contributed by atoms with Crippen LogP contribution in [0.15, 0.2) is 78.0 Å². The summed E-state index contributed by atoms with van der Waals surface area (Å²) in [6, 6.07) is 14.0. The molecule has 0 saturated carbocycles. The van der Waals surface area contributed by atoms with E-state index in [1.807, 2.05) is 49.8 Å². The smallest absolute Gasteiger partial charge is 0.416 e. The van der Waals surface area contributed by atoms with Crippen molar-refractivity contribution in [3.8, 4) is 28.1 Å². The number of sulfonamides is 1. The summed E-state index contributed by atoms with van der Waals surface area (Å²) >= 11 is 0. The minimum absolute atomic E-state index is 0.0794. The van der Waals surface area contributed by atoms with Crippen LogP contribution < -0.4 is 10.0 Å². The van der Waals surface area contributed by atoms with Crippen LogP contribution in [0.1, 0.15) is 32.8 Å². The maximum atomic E-state index is 12.7. The van der Waals surface area contributed by atoms with Crippen molar-refractivity contribution in [1.29, 1.82) is 0 Å². The summed E-state index contributed by atoms with van der Waals surface area (Å²) in [6.07, 6.45) is -0.520. The van der Waals surface area contributed by atoms with Crippen LogP contribution in [0.4, 0.5) is 19.0 Å². The van der Waals surface area contributed by atoms with Gasteiger partial charge in [0, 0.05) is 36.6 Å². The highest BCUT2D eigenvalue weighted by molar-refractivity contribution is 7.89. The number of hydrogen-bond acceptors (Lipinski definition) is 6. The van der Waals surface area contributed by atoms with E-state index in [9.17, 15) is 26.7 Å². The molecule has 212 valence electrons. The maximum Gasteiger partial charge on any atom is 0.416 e. The highest BCUT2D eigenvalue weighted by atomic mass is 32.2. The van der Waals surface area contributed by atoms with Crippen LogP contribution in [0.2, 0.25) is 0 Å². The van der Waals surface area contributed by atoms with Crippen LogP contribution in [0.3, 0.4) is 0 Å². The first kappa shape index (κ1) is 29.1. The minimum Gasteiger partial charge on any atom is -0.508 e. The number of benzene rings is 2. The zero-order chi connectivity index (χ0) is 29.1. The lowest BCUT2D eigenvalue weighted by molar-refractivity contribution is -0.137. The van der Waals surface area contributed by atoms with Gasteiger partial charge in [-0.05, 0) is 81.3 Å². The van der Waals surface area contributed by atoms with Gasteiger partial charge in [-0.2, -0.15) is 18.3 Å².